The van der Waals surface area contributed by atoms with Gasteiger partial charge in [0.25, 0.3) is 0 Å². The molecule has 0 aliphatic rings. The molecule has 0 saturated heterocycles. The lowest BCUT2D eigenvalue weighted by molar-refractivity contribution is 0.0864. The number of aryl methyl sites for hydroxylation is 1. The van der Waals surface area contributed by atoms with Crippen LogP contribution in [0.3, 0.4) is 0 Å². The lowest BCUT2D eigenvalue weighted by atomic mass is 10.0. The molecule has 2 N–H and O–H groups in total. The summed E-state index contributed by atoms with van der Waals surface area (Å²) in [6, 6.07) is 1.65. The normalized spacial score (nSPS) is 10.6. The van der Waals surface area contributed by atoms with Crippen molar-refractivity contribution in [2.24, 2.45) is 0 Å². The van der Waals surface area contributed by atoms with Crippen molar-refractivity contribution in [3.05, 3.63) is 27.8 Å². The molecule has 0 aliphatic heterocycles. The van der Waals surface area contributed by atoms with E-state index in [4.69, 9.17) is 16.4 Å². The zero-order valence-electron chi connectivity index (χ0n) is 8.52. The van der Waals surface area contributed by atoms with Crippen LogP contribution in [0.2, 0.25) is 5.02 Å². The van der Waals surface area contributed by atoms with E-state index in [-0.39, 0.29) is 5.75 Å². The van der Waals surface area contributed by atoms with Crippen molar-refractivity contribution in [2.45, 2.75) is 20.4 Å². The predicted octanol–water partition coefficient (Wildman–Crippen LogP) is 2.31. The molecule has 0 fully saturated rings. The van der Waals surface area contributed by atoms with E-state index in [0.717, 1.165) is 16.7 Å². The van der Waals surface area contributed by atoms with E-state index in [9.17, 15) is 5.11 Å². The molecule has 78 valence electrons. The summed E-state index contributed by atoms with van der Waals surface area (Å²) in [5.41, 5.74) is 5.68. The minimum atomic E-state index is 0.128. The van der Waals surface area contributed by atoms with E-state index in [1.807, 2.05) is 13.8 Å². The Bertz CT molecular complexity index is 339. The molecule has 1 aromatic rings. The predicted molar refractivity (Wildman–Crippen MR) is 56.4 cm³/mol. The fourth-order valence-electron chi connectivity index (χ4n) is 1.39. The Balaban J connectivity index is 3.09. The number of hydrogen-bond donors (Lipinski definition) is 2. The van der Waals surface area contributed by atoms with Crippen LogP contribution < -0.4 is 5.48 Å². The summed E-state index contributed by atoms with van der Waals surface area (Å²) in [7, 11) is 1.56. The van der Waals surface area contributed by atoms with E-state index in [1.54, 1.807) is 13.2 Å². The maximum absolute atomic E-state index is 9.45. The lowest BCUT2D eigenvalue weighted by Gasteiger charge is -2.12. The van der Waals surface area contributed by atoms with Gasteiger partial charge in [-0.05, 0) is 36.6 Å². The molecule has 0 bridgehead atoms. The maximum atomic E-state index is 9.45. The van der Waals surface area contributed by atoms with E-state index < -0.39 is 0 Å². The van der Waals surface area contributed by atoms with Gasteiger partial charge in [-0.15, -0.1) is 0 Å². The molecule has 0 amide bonds. The van der Waals surface area contributed by atoms with Gasteiger partial charge in [-0.2, -0.15) is 5.48 Å². The van der Waals surface area contributed by atoms with Crippen LogP contribution in [0.15, 0.2) is 6.07 Å². The quantitative estimate of drug-likeness (QED) is 0.761. The minimum Gasteiger partial charge on any atom is -0.506 e. The van der Waals surface area contributed by atoms with Gasteiger partial charge in [-0.25, -0.2) is 0 Å². The van der Waals surface area contributed by atoms with Gasteiger partial charge >= 0.3 is 0 Å². The Hall–Kier alpha value is -0.770. The number of nitrogens with one attached hydrogen (secondary N) is 1. The highest BCUT2D eigenvalue weighted by Crippen LogP contribution is 2.31. The largest absolute Gasteiger partial charge is 0.506 e. The second-order valence-corrected chi connectivity index (χ2v) is 3.53. The van der Waals surface area contributed by atoms with Crippen molar-refractivity contribution in [1.82, 2.24) is 5.48 Å². The molecule has 0 unspecified atom stereocenters. The summed E-state index contributed by atoms with van der Waals surface area (Å²) >= 11 is 5.92. The van der Waals surface area contributed by atoms with E-state index >= 15 is 0 Å². The highest BCUT2D eigenvalue weighted by Gasteiger charge is 2.10. The van der Waals surface area contributed by atoms with Crippen LogP contribution in [-0.4, -0.2) is 12.2 Å². The van der Waals surface area contributed by atoms with Crippen LogP contribution in [0.5, 0.6) is 5.75 Å². The van der Waals surface area contributed by atoms with Gasteiger partial charge in [0, 0.05) is 6.54 Å². The summed E-state index contributed by atoms with van der Waals surface area (Å²) in [4.78, 5) is 4.77. The topological polar surface area (TPSA) is 41.5 Å². The average molecular weight is 216 g/mol. The third kappa shape index (κ3) is 2.18. The third-order valence-electron chi connectivity index (χ3n) is 2.23. The smallest absolute Gasteiger partial charge is 0.134 e. The molecule has 0 atom stereocenters. The Kier molecular flexibility index (Phi) is 3.75. The van der Waals surface area contributed by atoms with Gasteiger partial charge in [0.05, 0.1) is 12.1 Å². The van der Waals surface area contributed by atoms with E-state index in [0.29, 0.717) is 11.6 Å². The highest BCUT2D eigenvalue weighted by molar-refractivity contribution is 6.32. The molecule has 0 heterocycles. The standard InChI is InChI=1S/C10H14ClNO2/c1-6-4-9(13)10(11)7(2)8(6)5-12-14-3/h4,12-13H,5H2,1-3H3. The number of halogens is 1. The van der Waals surface area contributed by atoms with Gasteiger partial charge in [0.2, 0.25) is 0 Å². The van der Waals surface area contributed by atoms with Gasteiger partial charge < -0.3 is 9.94 Å². The summed E-state index contributed by atoms with van der Waals surface area (Å²) in [5.74, 6) is 0.128. The zero-order valence-corrected chi connectivity index (χ0v) is 9.27. The first-order chi connectivity index (χ1) is 6.57. The number of hydrogen-bond acceptors (Lipinski definition) is 3. The number of phenolic OH excluding ortho intramolecular Hbond substituents is 1. The Labute approximate surface area is 88.6 Å². The van der Waals surface area contributed by atoms with Crippen LogP contribution in [0.25, 0.3) is 0 Å². The van der Waals surface area contributed by atoms with Crippen molar-refractivity contribution in [3.63, 3.8) is 0 Å². The van der Waals surface area contributed by atoms with Crippen LogP contribution in [0.4, 0.5) is 0 Å². The fourth-order valence-corrected chi connectivity index (χ4v) is 1.56. The van der Waals surface area contributed by atoms with Gasteiger partial charge in [0.15, 0.2) is 0 Å². The maximum Gasteiger partial charge on any atom is 0.134 e. The lowest BCUT2D eigenvalue weighted by Crippen LogP contribution is -2.13. The van der Waals surface area contributed by atoms with Gasteiger partial charge in [-0.3, -0.25) is 0 Å². The fraction of sp³-hybridized carbons (Fsp3) is 0.400. The second kappa shape index (κ2) is 4.64. The SMILES string of the molecule is CONCc1c(C)cc(O)c(Cl)c1C. The molecule has 0 aliphatic carbocycles. The Morgan fingerprint density at radius 3 is 2.71 bits per heavy atom. The van der Waals surface area contributed by atoms with Crippen LogP contribution in [0, 0.1) is 13.8 Å². The Morgan fingerprint density at radius 1 is 1.50 bits per heavy atom. The van der Waals surface area contributed by atoms with Crippen molar-refractivity contribution < 1.29 is 9.94 Å². The van der Waals surface area contributed by atoms with Crippen LogP contribution in [0.1, 0.15) is 16.7 Å². The Morgan fingerprint density at radius 2 is 2.14 bits per heavy atom. The molecule has 0 radical (unpaired) electrons. The summed E-state index contributed by atoms with van der Waals surface area (Å²) in [6.45, 7) is 4.38. The molecule has 4 heteroatoms. The van der Waals surface area contributed by atoms with Gasteiger partial charge in [0.1, 0.15) is 5.75 Å². The first-order valence-corrected chi connectivity index (χ1v) is 4.69. The first-order valence-electron chi connectivity index (χ1n) is 4.31. The number of hydroxylamine groups is 1. The highest BCUT2D eigenvalue weighted by atomic mass is 35.5. The van der Waals surface area contributed by atoms with Crippen molar-refractivity contribution >= 4 is 11.6 Å². The van der Waals surface area contributed by atoms with E-state index in [2.05, 4.69) is 5.48 Å². The van der Waals surface area contributed by atoms with E-state index in [1.165, 1.54) is 0 Å². The first kappa shape index (κ1) is 11.3. The molecule has 3 nitrogen and oxygen atoms in total. The average Bonchev–Trinajstić information content (AvgIpc) is 2.14. The zero-order chi connectivity index (χ0) is 10.7. The molecule has 14 heavy (non-hydrogen) atoms. The summed E-state index contributed by atoms with van der Waals surface area (Å²) in [6.07, 6.45) is 0. The molecule has 0 saturated carbocycles. The molecule has 1 rings (SSSR count). The second-order valence-electron chi connectivity index (χ2n) is 3.16. The number of aromatic hydroxyl groups is 1. The third-order valence-corrected chi connectivity index (χ3v) is 2.71. The summed E-state index contributed by atoms with van der Waals surface area (Å²) < 4.78 is 0. The molecule has 0 spiro atoms. The molecule has 0 aromatic heterocycles. The number of rotatable bonds is 3. The van der Waals surface area contributed by atoms with Crippen molar-refractivity contribution in [1.29, 1.82) is 0 Å². The van der Waals surface area contributed by atoms with Crippen LogP contribution in [-0.2, 0) is 11.4 Å². The monoisotopic (exact) mass is 215 g/mol. The molecular formula is C10H14ClNO2. The summed E-state index contributed by atoms with van der Waals surface area (Å²) in [5, 5.41) is 9.85. The molecular weight excluding hydrogens is 202 g/mol. The van der Waals surface area contributed by atoms with Crippen LogP contribution >= 0.6 is 11.6 Å². The minimum absolute atomic E-state index is 0.128. The molecule has 1 aromatic carbocycles. The number of benzene rings is 1. The number of phenols is 1. The van der Waals surface area contributed by atoms with Crippen molar-refractivity contribution in [3.8, 4) is 5.75 Å². The van der Waals surface area contributed by atoms with Gasteiger partial charge in [-0.1, -0.05) is 11.6 Å². The van der Waals surface area contributed by atoms with Crippen molar-refractivity contribution in [2.75, 3.05) is 7.11 Å².